The molecule has 0 aliphatic carbocycles. The van der Waals surface area contributed by atoms with E-state index < -0.39 is 0 Å². The minimum Gasteiger partial charge on any atom is -0.389 e. The van der Waals surface area contributed by atoms with Crippen molar-refractivity contribution >= 4 is 0 Å². The van der Waals surface area contributed by atoms with Gasteiger partial charge >= 0.3 is 0 Å². The summed E-state index contributed by atoms with van der Waals surface area (Å²) in [6, 6.07) is 0. The van der Waals surface area contributed by atoms with E-state index >= 15 is 0 Å². The Kier molecular flexibility index (Phi) is 10.3. The minimum absolute atomic E-state index is 0.339. The van der Waals surface area contributed by atoms with E-state index in [0.29, 0.717) is 12.0 Å². The van der Waals surface area contributed by atoms with Gasteiger partial charge in [-0.25, -0.2) is 0 Å². The zero-order valence-electron chi connectivity index (χ0n) is 12.2. The van der Waals surface area contributed by atoms with E-state index in [9.17, 15) is 0 Å². The average molecular weight is 241 g/mol. The maximum absolute atomic E-state index is 5.51. The first-order chi connectivity index (χ1) is 8.11. The monoisotopic (exact) mass is 241 g/mol. The Labute approximate surface area is 108 Å². The highest BCUT2D eigenvalue weighted by molar-refractivity contribution is 4.97. The predicted octanol–water partition coefficient (Wildman–Crippen LogP) is 4.12. The van der Waals surface area contributed by atoms with E-state index in [4.69, 9.17) is 4.74 Å². The lowest BCUT2D eigenvalue weighted by molar-refractivity contribution is 0.0773. The minimum atomic E-state index is 0.339. The SMILES string of the molecule is C=C(NCCCOC(C)C)C(CCC)CCC. The molecule has 0 atom stereocenters. The summed E-state index contributed by atoms with van der Waals surface area (Å²) in [6.07, 6.45) is 6.38. The van der Waals surface area contributed by atoms with Gasteiger partial charge in [0.05, 0.1) is 6.10 Å². The molecule has 0 amide bonds. The molecule has 0 aromatic heterocycles. The fraction of sp³-hybridized carbons (Fsp3) is 0.867. The molecule has 0 saturated carbocycles. The lowest BCUT2D eigenvalue weighted by Crippen LogP contribution is -2.22. The molecule has 1 N–H and O–H groups in total. The summed E-state index contributed by atoms with van der Waals surface area (Å²) in [5.41, 5.74) is 1.22. The number of hydrogen-bond acceptors (Lipinski definition) is 2. The van der Waals surface area contributed by atoms with Crippen LogP contribution in [-0.2, 0) is 4.74 Å². The second kappa shape index (κ2) is 10.6. The summed E-state index contributed by atoms with van der Waals surface area (Å²) in [5, 5.41) is 3.45. The summed E-state index contributed by atoms with van der Waals surface area (Å²) >= 11 is 0. The van der Waals surface area contributed by atoms with Gasteiger partial charge in [0.1, 0.15) is 0 Å². The highest BCUT2D eigenvalue weighted by Crippen LogP contribution is 2.19. The molecule has 2 nitrogen and oxygen atoms in total. The van der Waals surface area contributed by atoms with Crippen LogP contribution in [0.1, 0.15) is 59.8 Å². The van der Waals surface area contributed by atoms with Crippen LogP contribution < -0.4 is 5.32 Å². The Morgan fingerprint density at radius 3 is 2.24 bits per heavy atom. The molecule has 0 aromatic rings. The molecular weight excluding hydrogens is 210 g/mol. The van der Waals surface area contributed by atoms with Gasteiger partial charge in [0.15, 0.2) is 0 Å². The summed E-state index contributed by atoms with van der Waals surface area (Å²) in [7, 11) is 0. The standard InChI is InChI=1S/C15H31NO/c1-6-9-15(10-7-2)14(5)16-11-8-12-17-13(3)4/h13,15-16H,5-12H2,1-4H3. The molecule has 17 heavy (non-hydrogen) atoms. The molecular formula is C15H31NO. The molecule has 0 fully saturated rings. The third-order valence-corrected chi connectivity index (χ3v) is 2.89. The number of hydrogen-bond donors (Lipinski definition) is 1. The molecule has 0 spiro atoms. The number of ether oxygens (including phenoxy) is 1. The van der Waals surface area contributed by atoms with E-state index in [-0.39, 0.29) is 0 Å². The summed E-state index contributed by atoms with van der Waals surface area (Å²) in [6.45, 7) is 14.6. The van der Waals surface area contributed by atoms with Gasteiger partial charge in [0, 0.05) is 18.8 Å². The second-order valence-corrected chi connectivity index (χ2v) is 5.00. The molecule has 0 heterocycles. The molecule has 0 unspecified atom stereocenters. The number of rotatable bonds is 11. The summed E-state index contributed by atoms with van der Waals surface area (Å²) in [5.74, 6) is 0.649. The van der Waals surface area contributed by atoms with Crippen molar-refractivity contribution in [1.82, 2.24) is 5.32 Å². The van der Waals surface area contributed by atoms with Gasteiger partial charge in [0.2, 0.25) is 0 Å². The van der Waals surface area contributed by atoms with Crippen molar-refractivity contribution in [2.24, 2.45) is 5.92 Å². The zero-order valence-corrected chi connectivity index (χ0v) is 12.2. The Balaban J connectivity index is 3.66. The average Bonchev–Trinajstić information content (AvgIpc) is 2.27. The largest absolute Gasteiger partial charge is 0.389 e. The first kappa shape index (κ1) is 16.5. The number of allylic oxidation sites excluding steroid dienone is 1. The van der Waals surface area contributed by atoms with Crippen molar-refractivity contribution in [2.75, 3.05) is 13.2 Å². The highest BCUT2D eigenvalue weighted by atomic mass is 16.5. The molecule has 0 rings (SSSR count). The molecule has 0 aromatic carbocycles. The van der Waals surface area contributed by atoms with E-state index in [1.165, 1.54) is 31.4 Å². The van der Waals surface area contributed by atoms with Crippen LogP contribution in [0.2, 0.25) is 0 Å². The Bertz CT molecular complexity index is 183. The van der Waals surface area contributed by atoms with Gasteiger partial charge < -0.3 is 10.1 Å². The molecule has 0 radical (unpaired) electrons. The van der Waals surface area contributed by atoms with Crippen LogP contribution in [0.25, 0.3) is 0 Å². The Hall–Kier alpha value is -0.500. The van der Waals surface area contributed by atoms with Gasteiger partial charge in [-0.2, -0.15) is 0 Å². The molecule has 102 valence electrons. The molecule has 0 aliphatic rings. The van der Waals surface area contributed by atoms with Gasteiger partial charge in [0.25, 0.3) is 0 Å². The van der Waals surface area contributed by atoms with Crippen LogP contribution in [0.3, 0.4) is 0 Å². The van der Waals surface area contributed by atoms with E-state index in [1.54, 1.807) is 0 Å². The third-order valence-electron chi connectivity index (χ3n) is 2.89. The first-order valence-corrected chi connectivity index (χ1v) is 7.16. The van der Waals surface area contributed by atoms with E-state index in [1.807, 2.05) is 0 Å². The van der Waals surface area contributed by atoms with Crippen molar-refractivity contribution < 1.29 is 4.74 Å². The highest BCUT2D eigenvalue weighted by Gasteiger charge is 2.09. The molecule has 2 heteroatoms. The number of nitrogens with one attached hydrogen (secondary N) is 1. The molecule has 0 saturated heterocycles. The van der Waals surface area contributed by atoms with Crippen LogP contribution in [0, 0.1) is 5.92 Å². The Morgan fingerprint density at radius 2 is 1.76 bits per heavy atom. The van der Waals surface area contributed by atoms with Crippen LogP contribution in [0.4, 0.5) is 0 Å². The van der Waals surface area contributed by atoms with Crippen LogP contribution in [0.15, 0.2) is 12.3 Å². The van der Waals surface area contributed by atoms with Gasteiger partial charge in [-0.15, -0.1) is 0 Å². The first-order valence-electron chi connectivity index (χ1n) is 7.16. The van der Waals surface area contributed by atoms with Gasteiger partial charge in [-0.3, -0.25) is 0 Å². The quantitative estimate of drug-likeness (QED) is 0.549. The van der Waals surface area contributed by atoms with E-state index in [2.05, 4.69) is 39.6 Å². The summed E-state index contributed by atoms with van der Waals surface area (Å²) in [4.78, 5) is 0. The lowest BCUT2D eigenvalue weighted by Gasteiger charge is -2.20. The van der Waals surface area contributed by atoms with Gasteiger partial charge in [-0.05, 0) is 39.0 Å². The Morgan fingerprint density at radius 1 is 1.18 bits per heavy atom. The molecule has 0 bridgehead atoms. The van der Waals surface area contributed by atoms with Crippen LogP contribution in [-0.4, -0.2) is 19.3 Å². The van der Waals surface area contributed by atoms with Crippen molar-refractivity contribution in [2.45, 2.75) is 65.9 Å². The smallest absolute Gasteiger partial charge is 0.0518 e. The van der Waals surface area contributed by atoms with Crippen molar-refractivity contribution in [1.29, 1.82) is 0 Å². The lowest BCUT2D eigenvalue weighted by atomic mass is 9.95. The second-order valence-electron chi connectivity index (χ2n) is 5.00. The van der Waals surface area contributed by atoms with E-state index in [0.717, 1.165) is 19.6 Å². The van der Waals surface area contributed by atoms with Crippen molar-refractivity contribution in [3.05, 3.63) is 12.3 Å². The normalized spacial score (nSPS) is 11.2. The maximum Gasteiger partial charge on any atom is 0.0518 e. The fourth-order valence-corrected chi connectivity index (χ4v) is 1.97. The topological polar surface area (TPSA) is 21.3 Å². The predicted molar refractivity (Wildman–Crippen MR) is 76.2 cm³/mol. The van der Waals surface area contributed by atoms with Crippen molar-refractivity contribution in [3.63, 3.8) is 0 Å². The van der Waals surface area contributed by atoms with Gasteiger partial charge in [-0.1, -0.05) is 33.3 Å². The van der Waals surface area contributed by atoms with Crippen LogP contribution >= 0.6 is 0 Å². The van der Waals surface area contributed by atoms with Crippen molar-refractivity contribution in [3.8, 4) is 0 Å². The van der Waals surface area contributed by atoms with Crippen LogP contribution in [0.5, 0.6) is 0 Å². The maximum atomic E-state index is 5.51. The summed E-state index contributed by atoms with van der Waals surface area (Å²) < 4.78 is 5.51. The zero-order chi connectivity index (χ0) is 13.1. The molecule has 0 aliphatic heterocycles. The fourth-order valence-electron chi connectivity index (χ4n) is 1.97. The third kappa shape index (κ3) is 9.22.